The molecule has 0 amide bonds. The Bertz CT molecular complexity index is 972. The highest BCUT2D eigenvalue weighted by molar-refractivity contribution is 5.63. The molecular formula is C21H24F2N4O. The van der Waals surface area contributed by atoms with E-state index in [1.807, 2.05) is 32.0 Å². The van der Waals surface area contributed by atoms with Gasteiger partial charge in [-0.25, -0.2) is 18.7 Å². The highest BCUT2D eigenvalue weighted by Crippen LogP contribution is 2.27. The van der Waals surface area contributed by atoms with Crippen LogP contribution in [0.3, 0.4) is 0 Å². The Balaban J connectivity index is 1.64. The minimum Gasteiger partial charge on any atom is -0.488 e. The van der Waals surface area contributed by atoms with E-state index < -0.39 is 12.0 Å². The first kappa shape index (κ1) is 18.7. The zero-order chi connectivity index (χ0) is 19.7. The van der Waals surface area contributed by atoms with Crippen LogP contribution in [0, 0.1) is 5.82 Å². The molecule has 1 aliphatic rings. The first-order valence-corrected chi connectivity index (χ1v) is 9.72. The Labute approximate surface area is 162 Å². The van der Waals surface area contributed by atoms with Gasteiger partial charge in [-0.05, 0) is 38.8 Å². The molecule has 0 saturated heterocycles. The molecular weight excluding hydrogens is 362 g/mol. The highest BCUT2D eigenvalue weighted by Gasteiger charge is 2.25. The number of nitrogens with one attached hydrogen (secondary N) is 1. The van der Waals surface area contributed by atoms with Crippen molar-refractivity contribution in [1.29, 1.82) is 0 Å². The van der Waals surface area contributed by atoms with Crippen LogP contribution in [0.2, 0.25) is 0 Å². The quantitative estimate of drug-likeness (QED) is 0.669. The SMILES string of the molecule is CC(C)Oc1cc2ncc(-c3cccc(N[C@H]4CCCC[C@@H]4F)n3)n2cc1F. The van der Waals surface area contributed by atoms with Gasteiger partial charge in [0.2, 0.25) is 0 Å². The fourth-order valence-electron chi connectivity index (χ4n) is 3.61. The molecule has 5 nitrogen and oxygen atoms in total. The van der Waals surface area contributed by atoms with Crippen molar-refractivity contribution in [2.24, 2.45) is 0 Å². The van der Waals surface area contributed by atoms with Crippen molar-refractivity contribution in [2.45, 2.75) is 57.8 Å². The zero-order valence-corrected chi connectivity index (χ0v) is 16.0. The molecule has 148 valence electrons. The number of hydrogen-bond donors (Lipinski definition) is 1. The predicted molar refractivity (Wildman–Crippen MR) is 105 cm³/mol. The Hall–Kier alpha value is -2.70. The minimum absolute atomic E-state index is 0.130. The Morgan fingerprint density at radius 2 is 2.07 bits per heavy atom. The number of anilines is 1. The van der Waals surface area contributed by atoms with Crippen molar-refractivity contribution in [3.05, 3.63) is 42.5 Å². The number of nitrogens with zero attached hydrogens (tertiary/aromatic N) is 3. The first-order valence-electron chi connectivity index (χ1n) is 9.72. The number of alkyl halides is 1. The van der Waals surface area contributed by atoms with E-state index >= 15 is 0 Å². The highest BCUT2D eigenvalue weighted by atomic mass is 19.1. The third-order valence-corrected chi connectivity index (χ3v) is 4.95. The standard InChI is InChI=1S/C21H24F2N4O/c1-13(2)28-19-10-21-24-11-18(27(21)12-15(19)23)17-8-5-9-20(26-17)25-16-7-4-3-6-14(16)22/h5,8-14,16H,3-4,6-7H2,1-2H3,(H,25,26)/t14-,16-/m0/s1. The summed E-state index contributed by atoms with van der Waals surface area (Å²) in [7, 11) is 0. The summed E-state index contributed by atoms with van der Waals surface area (Å²) >= 11 is 0. The van der Waals surface area contributed by atoms with Crippen LogP contribution in [0.5, 0.6) is 5.75 Å². The zero-order valence-electron chi connectivity index (χ0n) is 16.0. The largest absolute Gasteiger partial charge is 0.488 e. The van der Waals surface area contributed by atoms with E-state index in [0.717, 1.165) is 19.3 Å². The number of fused-ring (bicyclic) bond motifs is 1. The summed E-state index contributed by atoms with van der Waals surface area (Å²) in [5, 5.41) is 3.21. The number of hydrogen-bond acceptors (Lipinski definition) is 4. The molecule has 4 rings (SSSR count). The monoisotopic (exact) mass is 386 g/mol. The lowest BCUT2D eigenvalue weighted by Crippen LogP contribution is -2.33. The minimum atomic E-state index is -0.858. The fraction of sp³-hybridized carbons (Fsp3) is 0.429. The van der Waals surface area contributed by atoms with Gasteiger partial charge in [0.05, 0.1) is 35.9 Å². The lowest BCUT2D eigenvalue weighted by atomic mass is 9.94. The maximum Gasteiger partial charge on any atom is 0.181 e. The summed E-state index contributed by atoms with van der Waals surface area (Å²) < 4.78 is 35.7. The van der Waals surface area contributed by atoms with Crippen molar-refractivity contribution < 1.29 is 13.5 Å². The van der Waals surface area contributed by atoms with E-state index in [-0.39, 0.29) is 17.9 Å². The topological polar surface area (TPSA) is 51.5 Å². The lowest BCUT2D eigenvalue weighted by molar-refractivity contribution is 0.229. The summed E-state index contributed by atoms with van der Waals surface area (Å²) in [6.45, 7) is 3.69. The molecule has 1 fully saturated rings. The maximum atomic E-state index is 14.4. The second-order valence-electron chi connectivity index (χ2n) is 7.48. The number of ether oxygens (including phenoxy) is 1. The van der Waals surface area contributed by atoms with Gasteiger partial charge < -0.3 is 10.1 Å². The Kier molecular flexibility index (Phi) is 5.15. The van der Waals surface area contributed by atoms with Crippen LogP contribution in [0.25, 0.3) is 17.0 Å². The van der Waals surface area contributed by atoms with Gasteiger partial charge in [-0.15, -0.1) is 0 Å². The summed E-state index contributed by atoms with van der Waals surface area (Å²) in [6.07, 6.45) is 5.36. The van der Waals surface area contributed by atoms with Crippen molar-refractivity contribution >= 4 is 11.5 Å². The molecule has 0 bridgehead atoms. The second kappa shape index (κ2) is 7.73. The average molecular weight is 386 g/mol. The van der Waals surface area contributed by atoms with E-state index in [0.29, 0.717) is 29.3 Å². The van der Waals surface area contributed by atoms with Gasteiger partial charge in [0.25, 0.3) is 0 Å². The van der Waals surface area contributed by atoms with E-state index in [4.69, 9.17) is 4.74 Å². The van der Waals surface area contributed by atoms with E-state index in [2.05, 4.69) is 15.3 Å². The van der Waals surface area contributed by atoms with Gasteiger partial charge in [0.15, 0.2) is 11.6 Å². The number of pyridine rings is 2. The molecule has 1 saturated carbocycles. The summed E-state index contributed by atoms with van der Waals surface area (Å²) in [4.78, 5) is 8.96. The molecule has 1 aliphatic carbocycles. The van der Waals surface area contributed by atoms with Crippen molar-refractivity contribution in [2.75, 3.05) is 5.32 Å². The molecule has 7 heteroatoms. The molecule has 3 aromatic rings. The smallest absolute Gasteiger partial charge is 0.181 e. The predicted octanol–water partition coefficient (Wildman–Crippen LogP) is 5.02. The molecule has 0 radical (unpaired) electrons. The van der Waals surface area contributed by atoms with Gasteiger partial charge in [0, 0.05) is 6.07 Å². The summed E-state index contributed by atoms with van der Waals surface area (Å²) in [5.74, 6) is 0.328. The number of imidazole rings is 1. The van der Waals surface area contributed by atoms with E-state index in [9.17, 15) is 8.78 Å². The molecule has 3 aromatic heterocycles. The van der Waals surface area contributed by atoms with Crippen LogP contribution in [0.4, 0.5) is 14.6 Å². The van der Waals surface area contributed by atoms with Crippen molar-refractivity contribution in [1.82, 2.24) is 14.4 Å². The van der Waals surface area contributed by atoms with E-state index in [1.54, 1.807) is 16.7 Å². The van der Waals surface area contributed by atoms with Gasteiger partial charge >= 0.3 is 0 Å². The van der Waals surface area contributed by atoms with Crippen LogP contribution in [0.1, 0.15) is 39.5 Å². The molecule has 0 aromatic carbocycles. The third-order valence-electron chi connectivity index (χ3n) is 4.95. The molecule has 0 unspecified atom stereocenters. The van der Waals surface area contributed by atoms with Gasteiger partial charge in [-0.3, -0.25) is 4.40 Å². The number of halogens is 2. The second-order valence-corrected chi connectivity index (χ2v) is 7.48. The summed E-state index contributed by atoms with van der Waals surface area (Å²) in [5.41, 5.74) is 1.87. The fourth-order valence-corrected chi connectivity index (χ4v) is 3.61. The van der Waals surface area contributed by atoms with Gasteiger partial charge in [0.1, 0.15) is 17.6 Å². The molecule has 28 heavy (non-hydrogen) atoms. The Morgan fingerprint density at radius 3 is 2.86 bits per heavy atom. The van der Waals surface area contributed by atoms with Crippen molar-refractivity contribution in [3.63, 3.8) is 0 Å². The van der Waals surface area contributed by atoms with Crippen molar-refractivity contribution in [3.8, 4) is 17.1 Å². The number of aromatic nitrogens is 3. The maximum absolute atomic E-state index is 14.4. The van der Waals surface area contributed by atoms with Crippen LogP contribution in [-0.4, -0.2) is 32.7 Å². The van der Waals surface area contributed by atoms with Crippen LogP contribution in [0.15, 0.2) is 36.7 Å². The molecule has 0 aliphatic heterocycles. The van der Waals surface area contributed by atoms with Gasteiger partial charge in [-0.1, -0.05) is 18.9 Å². The van der Waals surface area contributed by atoms with E-state index in [1.165, 1.54) is 6.20 Å². The molecule has 0 spiro atoms. The molecule has 2 atom stereocenters. The molecule has 3 heterocycles. The Morgan fingerprint density at radius 1 is 1.25 bits per heavy atom. The first-order chi connectivity index (χ1) is 13.5. The third kappa shape index (κ3) is 3.79. The van der Waals surface area contributed by atoms with Crippen LogP contribution >= 0.6 is 0 Å². The van der Waals surface area contributed by atoms with Gasteiger partial charge in [-0.2, -0.15) is 0 Å². The van der Waals surface area contributed by atoms with Crippen LogP contribution < -0.4 is 10.1 Å². The average Bonchev–Trinajstić information content (AvgIpc) is 3.06. The molecule has 1 N–H and O–H groups in total. The summed E-state index contributed by atoms with van der Waals surface area (Å²) in [6, 6.07) is 6.87. The number of rotatable bonds is 5. The lowest BCUT2D eigenvalue weighted by Gasteiger charge is -2.27. The normalized spacial score (nSPS) is 19.9. The van der Waals surface area contributed by atoms with Crippen LogP contribution in [-0.2, 0) is 0 Å².